The zero-order valence-electron chi connectivity index (χ0n) is 13.1. The van der Waals surface area contributed by atoms with Crippen molar-refractivity contribution in [1.82, 2.24) is 0 Å². The van der Waals surface area contributed by atoms with E-state index in [1.54, 1.807) is 24.3 Å². The Bertz CT molecular complexity index is 786. The lowest BCUT2D eigenvalue weighted by atomic mass is 10.1. The van der Waals surface area contributed by atoms with Crippen molar-refractivity contribution in [2.75, 3.05) is 12.1 Å². The average molecular weight is 329 g/mol. The van der Waals surface area contributed by atoms with Gasteiger partial charge in [-0.15, -0.1) is 0 Å². The van der Waals surface area contributed by atoms with E-state index in [1.807, 2.05) is 0 Å². The maximum Gasteiger partial charge on any atom is 0.231 e. The minimum Gasteiger partial charge on any atom is -0.454 e. The normalized spacial score (nSPS) is 12.1. The molecule has 0 saturated carbocycles. The van der Waals surface area contributed by atoms with E-state index in [2.05, 4.69) is 5.32 Å². The maximum atomic E-state index is 12.9. The number of ether oxygens (including phenoxy) is 2. The Hall–Kier alpha value is -2.89. The smallest absolute Gasteiger partial charge is 0.231 e. The van der Waals surface area contributed by atoms with E-state index in [0.29, 0.717) is 29.2 Å². The molecule has 1 amide bonds. The summed E-state index contributed by atoms with van der Waals surface area (Å²) in [4.78, 5) is 23.9. The highest BCUT2D eigenvalue weighted by atomic mass is 19.1. The topological polar surface area (TPSA) is 64.6 Å². The molecule has 3 rings (SSSR count). The van der Waals surface area contributed by atoms with Gasteiger partial charge in [-0.05, 0) is 37.1 Å². The lowest BCUT2D eigenvalue weighted by Crippen LogP contribution is -2.14. The number of fused-ring (bicyclic) bond motifs is 1. The van der Waals surface area contributed by atoms with E-state index in [0.717, 1.165) is 5.56 Å². The van der Waals surface area contributed by atoms with E-state index in [4.69, 9.17) is 9.47 Å². The predicted octanol–water partition coefficient (Wildman–Crippen LogP) is 3.33. The van der Waals surface area contributed by atoms with Crippen LogP contribution >= 0.6 is 0 Å². The second-order valence-electron chi connectivity index (χ2n) is 5.48. The van der Waals surface area contributed by atoms with Crippen molar-refractivity contribution >= 4 is 17.4 Å². The standard InChI is InChI=1S/C18H16FNO4/c1-11(21)14-8-16-17(24-10-23-16)9-15(14)20-18(22)7-4-12-2-5-13(19)6-3-12/h2-3,5-6,8-9H,4,7,10H2,1H3,(H,20,22). The SMILES string of the molecule is CC(=O)c1cc2c(cc1NC(=O)CCc1ccc(F)cc1)OCO2. The van der Waals surface area contributed by atoms with Crippen molar-refractivity contribution in [2.24, 2.45) is 0 Å². The summed E-state index contributed by atoms with van der Waals surface area (Å²) in [5.41, 5.74) is 1.63. The second kappa shape index (κ2) is 6.70. The quantitative estimate of drug-likeness (QED) is 0.855. The molecule has 0 aliphatic carbocycles. The molecule has 1 heterocycles. The van der Waals surface area contributed by atoms with Crippen molar-refractivity contribution in [3.63, 3.8) is 0 Å². The molecule has 0 radical (unpaired) electrons. The number of nitrogens with one attached hydrogen (secondary N) is 1. The fourth-order valence-corrected chi connectivity index (χ4v) is 2.46. The van der Waals surface area contributed by atoms with Crippen molar-refractivity contribution < 1.29 is 23.5 Å². The molecule has 6 heteroatoms. The van der Waals surface area contributed by atoms with Crippen molar-refractivity contribution in [2.45, 2.75) is 19.8 Å². The molecule has 1 N–H and O–H groups in total. The molecule has 0 saturated heterocycles. The second-order valence-corrected chi connectivity index (χ2v) is 5.48. The van der Waals surface area contributed by atoms with Gasteiger partial charge in [0.2, 0.25) is 12.7 Å². The molecule has 24 heavy (non-hydrogen) atoms. The van der Waals surface area contributed by atoms with Gasteiger partial charge in [0.25, 0.3) is 0 Å². The summed E-state index contributed by atoms with van der Waals surface area (Å²) in [7, 11) is 0. The molecular formula is C18H16FNO4. The largest absolute Gasteiger partial charge is 0.454 e. The number of aryl methyl sites for hydroxylation is 1. The van der Waals surface area contributed by atoms with Gasteiger partial charge in [0.05, 0.1) is 5.69 Å². The van der Waals surface area contributed by atoms with Gasteiger partial charge in [-0.2, -0.15) is 0 Å². The monoisotopic (exact) mass is 329 g/mol. The van der Waals surface area contributed by atoms with Crippen LogP contribution in [0.3, 0.4) is 0 Å². The minimum atomic E-state index is -0.310. The fraction of sp³-hybridized carbons (Fsp3) is 0.222. The summed E-state index contributed by atoms with van der Waals surface area (Å²) < 4.78 is 23.4. The van der Waals surface area contributed by atoms with E-state index in [-0.39, 0.29) is 30.7 Å². The fourth-order valence-electron chi connectivity index (χ4n) is 2.46. The molecular weight excluding hydrogens is 313 g/mol. The van der Waals surface area contributed by atoms with E-state index in [9.17, 15) is 14.0 Å². The summed E-state index contributed by atoms with van der Waals surface area (Å²) in [5, 5.41) is 2.73. The van der Waals surface area contributed by atoms with Crippen molar-refractivity contribution in [3.05, 3.63) is 53.3 Å². The van der Waals surface area contributed by atoms with Crippen LogP contribution in [0.25, 0.3) is 0 Å². The number of hydrogen-bond acceptors (Lipinski definition) is 4. The third kappa shape index (κ3) is 3.53. The molecule has 124 valence electrons. The number of halogens is 1. The number of hydrogen-bond donors (Lipinski definition) is 1. The lowest BCUT2D eigenvalue weighted by Gasteiger charge is -2.10. The number of benzene rings is 2. The number of rotatable bonds is 5. The third-order valence-electron chi connectivity index (χ3n) is 3.72. The Kier molecular flexibility index (Phi) is 4.46. The Morgan fingerprint density at radius 3 is 2.46 bits per heavy atom. The van der Waals surface area contributed by atoms with Crippen LogP contribution in [-0.2, 0) is 11.2 Å². The van der Waals surface area contributed by atoms with Crippen LogP contribution < -0.4 is 14.8 Å². The molecule has 2 aromatic carbocycles. The van der Waals surface area contributed by atoms with Gasteiger partial charge < -0.3 is 14.8 Å². The van der Waals surface area contributed by atoms with Gasteiger partial charge in [0, 0.05) is 18.1 Å². The van der Waals surface area contributed by atoms with Crippen LogP contribution in [0.4, 0.5) is 10.1 Å². The maximum absolute atomic E-state index is 12.9. The van der Waals surface area contributed by atoms with Crippen LogP contribution in [0.1, 0.15) is 29.3 Å². The summed E-state index contributed by atoms with van der Waals surface area (Å²) in [6.07, 6.45) is 0.698. The predicted molar refractivity (Wildman–Crippen MR) is 85.9 cm³/mol. The lowest BCUT2D eigenvalue weighted by molar-refractivity contribution is -0.116. The first-order chi connectivity index (χ1) is 11.5. The van der Waals surface area contributed by atoms with Gasteiger partial charge >= 0.3 is 0 Å². The average Bonchev–Trinajstić information content (AvgIpc) is 3.00. The summed E-state index contributed by atoms with van der Waals surface area (Å²) in [5.74, 6) is 0.260. The number of anilines is 1. The first-order valence-corrected chi connectivity index (χ1v) is 7.52. The Balaban J connectivity index is 1.69. The van der Waals surface area contributed by atoms with Crippen molar-refractivity contribution in [1.29, 1.82) is 0 Å². The third-order valence-corrected chi connectivity index (χ3v) is 3.72. The number of Topliss-reactive ketones (excluding diaryl/α,β-unsaturated/α-hetero) is 1. The number of carbonyl (C=O) groups excluding carboxylic acids is 2. The molecule has 0 bridgehead atoms. The van der Waals surface area contributed by atoms with Gasteiger partial charge in [-0.1, -0.05) is 12.1 Å². The highest BCUT2D eigenvalue weighted by Crippen LogP contribution is 2.37. The Labute approximate surface area is 138 Å². The van der Waals surface area contributed by atoms with Crippen LogP contribution in [0.2, 0.25) is 0 Å². The summed E-state index contributed by atoms with van der Waals surface area (Å²) in [6.45, 7) is 1.51. The molecule has 1 aliphatic heterocycles. The zero-order valence-corrected chi connectivity index (χ0v) is 13.1. The molecule has 0 spiro atoms. The van der Waals surface area contributed by atoms with Gasteiger partial charge in [-0.25, -0.2) is 4.39 Å². The summed E-state index contributed by atoms with van der Waals surface area (Å²) >= 11 is 0. The Morgan fingerprint density at radius 1 is 1.12 bits per heavy atom. The molecule has 5 nitrogen and oxygen atoms in total. The number of carbonyl (C=O) groups is 2. The highest BCUT2D eigenvalue weighted by molar-refractivity contribution is 6.04. The van der Waals surface area contributed by atoms with Gasteiger partial charge in [0.15, 0.2) is 17.3 Å². The molecule has 0 aromatic heterocycles. The molecule has 0 atom stereocenters. The van der Waals surface area contributed by atoms with Gasteiger partial charge in [0.1, 0.15) is 5.82 Å². The molecule has 1 aliphatic rings. The van der Waals surface area contributed by atoms with Crippen LogP contribution in [0.5, 0.6) is 11.5 Å². The minimum absolute atomic E-state index is 0.0919. The van der Waals surface area contributed by atoms with Gasteiger partial charge in [-0.3, -0.25) is 9.59 Å². The first-order valence-electron chi connectivity index (χ1n) is 7.52. The first kappa shape index (κ1) is 16.0. The molecule has 0 fully saturated rings. The number of ketones is 1. The zero-order chi connectivity index (χ0) is 17.1. The van der Waals surface area contributed by atoms with Crippen molar-refractivity contribution in [3.8, 4) is 11.5 Å². The highest BCUT2D eigenvalue weighted by Gasteiger charge is 2.20. The summed E-state index contributed by atoms with van der Waals surface area (Å²) in [6, 6.07) is 9.17. The van der Waals surface area contributed by atoms with Crippen LogP contribution in [-0.4, -0.2) is 18.5 Å². The van der Waals surface area contributed by atoms with E-state index < -0.39 is 0 Å². The van der Waals surface area contributed by atoms with Crippen LogP contribution in [0, 0.1) is 5.82 Å². The number of amides is 1. The molecule has 2 aromatic rings. The van der Waals surface area contributed by atoms with E-state index >= 15 is 0 Å². The van der Waals surface area contributed by atoms with Crippen LogP contribution in [0.15, 0.2) is 36.4 Å². The Morgan fingerprint density at radius 2 is 1.79 bits per heavy atom. The molecule has 0 unspecified atom stereocenters. The van der Waals surface area contributed by atoms with E-state index in [1.165, 1.54) is 19.1 Å².